The van der Waals surface area contributed by atoms with Gasteiger partial charge in [-0.15, -0.1) is 12.3 Å². The maximum absolute atomic E-state index is 11.7. The van der Waals surface area contributed by atoms with Gasteiger partial charge >= 0.3 is 5.97 Å². The molecule has 1 aromatic rings. The van der Waals surface area contributed by atoms with Crippen LogP contribution in [0.15, 0.2) is 30.3 Å². The van der Waals surface area contributed by atoms with E-state index >= 15 is 0 Å². The highest BCUT2D eigenvalue weighted by molar-refractivity contribution is 5.81. The van der Waals surface area contributed by atoms with Crippen LogP contribution in [0.25, 0.3) is 0 Å². The Bertz CT molecular complexity index is 391. The lowest BCUT2D eigenvalue weighted by Gasteiger charge is -2.24. The van der Waals surface area contributed by atoms with Crippen molar-refractivity contribution in [1.29, 1.82) is 0 Å². The van der Waals surface area contributed by atoms with Crippen LogP contribution in [0, 0.1) is 12.3 Å². The molecule has 1 rings (SSSR count). The van der Waals surface area contributed by atoms with Crippen molar-refractivity contribution < 1.29 is 14.6 Å². The lowest BCUT2D eigenvalue weighted by molar-refractivity contribution is -0.165. The molecule has 16 heavy (non-hydrogen) atoms. The monoisotopic (exact) mass is 218 g/mol. The Labute approximate surface area is 95.1 Å². The number of terminal acetylenes is 1. The summed E-state index contributed by atoms with van der Waals surface area (Å²) in [6.45, 7) is 1.89. The Hall–Kier alpha value is -1.79. The third kappa shape index (κ3) is 2.41. The molecule has 0 heterocycles. The summed E-state index contributed by atoms with van der Waals surface area (Å²) in [6.07, 6.45) is 5.07. The van der Waals surface area contributed by atoms with Gasteiger partial charge in [0.15, 0.2) is 5.60 Å². The van der Waals surface area contributed by atoms with Crippen molar-refractivity contribution in [3.63, 3.8) is 0 Å². The predicted octanol–water partition coefficient (Wildman–Crippen LogP) is 1.46. The first kappa shape index (κ1) is 12.3. The predicted molar refractivity (Wildman–Crippen MR) is 60.4 cm³/mol. The summed E-state index contributed by atoms with van der Waals surface area (Å²) in [6, 6.07) is 8.56. The number of carbonyl (C=O) groups is 1. The molecule has 0 unspecified atom stereocenters. The van der Waals surface area contributed by atoms with Gasteiger partial charge in [-0.05, 0) is 12.5 Å². The van der Waals surface area contributed by atoms with E-state index in [0.717, 1.165) is 0 Å². The first-order valence-electron chi connectivity index (χ1n) is 5.03. The molecule has 0 fully saturated rings. The number of carbonyl (C=O) groups excluding carboxylic acids is 1. The van der Waals surface area contributed by atoms with Crippen LogP contribution in [0.5, 0.6) is 0 Å². The van der Waals surface area contributed by atoms with Crippen LogP contribution in [0.1, 0.15) is 18.9 Å². The zero-order valence-corrected chi connectivity index (χ0v) is 9.14. The van der Waals surface area contributed by atoms with Crippen molar-refractivity contribution >= 4 is 5.97 Å². The molecule has 0 aliphatic carbocycles. The smallest absolute Gasteiger partial charge is 0.343 e. The number of hydrogen-bond donors (Lipinski definition) is 1. The van der Waals surface area contributed by atoms with Gasteiger partial charge in [0.25, 0.3) is 0 Å². The highest BCUT2D eigenvalue weighted by Gasteiger charge is 2.38. The number of rotatable bonds is 4. The van der Waals surface area contributed by atoms with E-state index in [1.807, 2.05) is 0 Å². The maximum Gasteiger partial charge on any atom is 0.343 e. The first-order valence-corrected chi connectivity index (χ1v) is 5.03. The highest BCUT2D eigenvalue weighted by Crippen LogP contribution is 2.26. The van der Waals surface area contributed by atoms with Gasteiger partial charge in [0.1, 0.15) is 0 Å². The van der Waals surface area contributed by atoms with Crippen LogP contribution in [-0.4, -0.2) is 17.7 Å². The van der Waals surface area contributed by atoms with Crippen LogP contribution < -0.4 is 0 Å². The van der Waals surface area contributed by atoms with Crippen molar-refractivity contribution in [1.82, 2.24) is 0 Å². The fourth-order valence-corrected chi connectivity index (χ4v) is 1.40. The van der Waals surface area contributed by atoms with Crippen LogP contribution in [0.2, 0.25) is 0 Å². The molecule has 3 heteroatoms. The molecule has 0 amide bonds. The third-order valence-corrected chi connectivity index (χ3v) is 2.22. The standard InChI is InChI=1S/C13H14O3/c1-3-10-13(15,12(14)16-4-2)11-8-6-5-7-9-11/h1,5-9,15H,4,10H2,2H3/t13-/m0/s1. The summed E-state index contributed by atoms with van der Waals surface area (Å²) in [4.78, 5) is 11.7. The summed E-state index contributed by atoms with van der Waals surface area (Å²) in [5.74, 6) is 1.59. The van der Waals surface area contributed by atoms with Crippen molar-refractivity contribution in [2.24, 2.45) is 0 Å². The Morgan fingerprint density at radius 1 is 1.50 bits per heavy atom. The quantitative estimate of drug-likeness (QED) is 0.614. The normalized spacial score (nSPS) is 13.6. The summed E-state index contributed by atoms with van der Waals surface area (Å²) < 4.78 is 4.83. The van der Waals surface area contributed by atoms with Crippen LogP contribution in [-0.2, 0) is 15.1 Å². The molecular weight excluding hydrogens is 204 g/mol. The third-order valence-electron chi connectivity index (χ3n) is 2.22. The second-order valence-corrected chi connectivity index (χ2v) is 3.33. The molecule has 0 saturated carbocycles. The zero-order valence-electron chi connectivity index (χ0n) is 9.14. The average molecular weight is 218 g/mol. The second kappa shape index (κ2) is 5.34. The van der Waals surface area contributed by atoms with Crippen molar-refractivity contribution in [2.45, 2.75) is 18.9 Å². The lowest BCUT2D eigenvalue weighted by Crippen LogP contribution is -2.37. The van der Waals surface area contributed by atoms with Gasteiger partial charge in [-0.2, -0.15) is 0 Å². The molecule has 1 N–H and O–H groups in total. The van der Waals surface area contributed by atoms with Gasteiger partial charge < -0.3 is 9.84 Å². The molecule has 0 aliphatic rings. The van der Waals surface area contributed by atoms with Gasteiger partial charge in [-0.3, -0.25) is 0 Å². The Kier molecular flexibility index (Phi) is 4.10. The number of benzene rings is 1. The largest absolute Gasteiger partial charge is 0.464 e. The zero-order chi connectivity index (χ0) is 12.0. The molecule has 84 valence electrons. The Morgan fingerprint density at radius 3 is 2.62 bits per heavy atom. The van der Waals surface area contributed by atoms with Gasteiger partial charge in [-0.1, -0.05) is 30.3 Å². The van der Waals surface area contributed by atoms with Crippen molar-refractivity contribution in [3.8, 4) is 12.3 Å². The summed E-state index contributed by atoms with van der Waals surface area (Å²) >= 11 is 0. The molecule has 3 nitrogen and oxygen atoms in total. The SMILES string of the molecule is C#CC[C@@](O)(C(=O)OCC)c1ccccc1. The van der Waals surface area contributed by atoms with E-state index in [0.29, 0.717) is 5.56 Å². The number of hydrogen-bond acceptors (Lipinski definition) is 3. The van der Waals surface area contributed by atoms with E-state index in [2.05, 4.69) is 5.92 Å². The Morgan fingerprint density at radius 2 is 2.12 bits per heavy atom. The summed E-state index contributed by atoms with van der Waals surface area (Å²) in [5.41, 5.74) is -1.29. The fraction of sp³-hybridized carbons (Fsp3) is 0.308. The summed E-state index contributed by atoms with van der Waals surface area (Å²) in [7, 11) is 0. The summed E-state index contributed by atoms with van der Waals surface area (Å²) in [5, 5.41) is 10.3. The average Bonchev–Trinajstić information content (AvgIpc) is 2.30. The van der Waals surface area contributed by atoms with E-state index in [-0.39, 0.29) is 13.0 Å². The highest BCUT2D eigenvalue weighted by atomic mass is 16.5. The minimum Gasteiger partial charge on any atom is -0.464 e. The van der Waals surface area contributed by atoms with Gasteiger partial charge in [0, 0.05) is 0 Å². The number of ether oxygens (including phenoxy) is 1. The molecule has 0 aliphatic heterocycles. The van der Waals surface area contributed by atoms with Crippen LogP contribution in [0.4, 0.5) is 0 Å². The molecule has 1 atom stereocenters. The molecule has 0 saturated heterocycles. The fourth-order valence-electron chi connectivity index (χ4n) is 1.40. The van der Waals surface area contributed by atoms with Gasteiger partial charge in [0.2, 0.25) is 0 Å². The van der Waals surface area contributed by atoms with E-state index < -0.39 is 11.6 Å². The minimum atomic E-state index is -1.74. The van der Waals surface area contributed by atoms with Crippen LogP contribution in [0.3, 0.4) is 0 Å². The van der Waals surface area contributed by atoms with E-state index in [1.54, 1.807) is 37.3 Å². The van der Waals surface area contributed by atoms with Crippen molar-refractivity contribution in [2.75, 3.05) is 6.61 Å². The number of esters is 1. The van der Waals surface area contributed by atoms with E-state index in [9.17, 15) is 9.90 Å². The van der Waals surface area contributed by atoms with Gasteiger partial charge in [0.05, 0.1) is 13.0 Å². The van der Waals surface area contributed by atoms with E-state index in [4.69, 9.17) is 11.2 Å². The van der Waals surface area contributed by atoms with E-state index in [1.165, 1.54) is 0 Å². The lowest BCUT2D eigenvalue weighted by atomic mass is 9.91. The second-order valence-electron chi connectivity index (χ2n) is 3.33. The van der Waals surface area contributed by atoms with Crippen LogP contribution >= 0.6 is 0 Å². The molecule has 0 bridgehead atoms. The minimum absolute atomic E-state index is 0.101. The van der Waals surface area contributed by atoms with Gasteiger partial charge in [-0.25, -0.2) is 4.79 Å². The maximum atomic E-state index is 11.7. The first-order chi connectivity index (χ1) is 7.65. The molecule has 1 aromatic carbocycles. The topological polar surface area (TPSA) is 46.5 Å². The molecule has 0 aromatic heterocycles. The van der Waals surface area contributed by atoms with Crippen molar-refractivity contribution in [3.05, 3.63) is 35.9 Å². The molecule has 0 spiro atoms. The molecule has 0 radical (unpaired) electrons. The molecular formula is C13H14O3. The number of aliphatic hydroxyl groups is 1. The Balaban J connectivity index is 3.07.